The predicted octanol–water partition coefficient (Wildman–Crippen LogP) is 2.66. The minimum atomic E-state index is -1.16. The van der Waals surface area contributed by atoms with Gasteiger partial charge in [-0.25, -0.2) is 9.59 Å². The van der Waals surface area contributed by atoms with E-state index in [1.807, 2.05) is 30.3 Å². The van der Waals surface area contributed by atoms with Crippen molar-refractivity contribution in [2.75, 3.05) is 13.1 Å². The third-order valence-electron chi connectivity index (χ3n) is 5.65. The number of aliphatic carboxylic acids is 1. The number of nitrogens with zero attached hydrogens (tertiary/aromatic N) is 2. The number of likely N-dealkylation sites (tertiary alicyclic amines) is 2. The maximum absolute atomic E-state index is 12.0. The smallest absolute Gasteiger partial charge is 0.408 e. The van der Waals surface area contributed by atoms with Crippen LogP contribution in [0.2, 0.25) is 0 Å². The van der Waals surface area contributed by atoms with E-state index in [9.17, 15) is 19.8 Å². The van der Waals surface area contributed by atoms with Gasteiger partial charge in [0.15, 0.2) is 0 Å². The van der Waals surface area contributed by atoms with Gasteiger partial charge in [-0.15, -0.1) is 6.58 Å². The molecule has 3 atom stereocenters. The molecule has 2 aliphatic rings. The first-order chi connectivity index (χ1) is 12.0. The largest absolute Gasteiger partial charge is 0.480 e. The molecule has 0 bridgehead atoms. The van der Waals surface area contributed by atoms with Gasteiger partial charge in [0.1, 0.15) is 6.04 Å². The SMILES string of the molecule is C=CC[C@]12CCCN(Cc3ccccc3)[C@H]1CN(C(=O)O)[C@@H]2C(=O)O. The van der Waals surface area contributed by atoms with Crippen molar-refractivity contribution in [2.45, 2.75) is 37.9 Å². The van der Waals surface area contributed by atoms with Crippen LogP contribution in [-0.2, 0) is 11.3 Å². The zero-order valence-electron chi connectivity index (χ0n) is 14.2. The van der Waals surface area contributed by atoms with Crippen LogP contribution < -0.4 is 0 Å². The van der Waals surface area contributed by atoms with E-state index < -0.39 is 23.5 Å². The third-order valence-corrected chi connectivity index (χ3v) is 5.65. The van der Waals surface area contributed by atoms with E-state index in [1.54, 1.807) is 6.08 Å². The molecule has 0 radical (unpaired) electrons. The summed E-state index contributed by atoms with van der Waals surface area (Å²) >= 11 is 0. The second kappa shape index (κ2) is 6.88. The fourth-order valence-electron chi connectivity index (χ4n) is 4.71. The van der Waals surface area contributed by atoms with Gasteiger partial charge < -0.3 is 10.2 Å². The number of allylic oxidation sites excluding steroid dienone is 1. The van der Waals surface area contributed by atoms with Gasteiger partial charge in [0.05, 0.1) is 0 Å². The van der Waals surface area contributed by atoms with Gasteiger partial charge in [0.2, 0.25) is 0 Å². The van der Waals surface area contributed by atoms with Crippen molar-refractivity contribution in [3.63, 3.8) is 0 Å². The molecule has 2 N–H and O–H groups in total. The quantitative estimate of drug-likeness (QED) is 0.803. The van der Waals surface area contributed by atoms with Crippen molar-refractivity contribution in [3.05, 3.63) is 48.6 Å². The summed E-state index contributed by atoms with van der Waals surface area (Å²) in [6.07, 6.45) is 2.64. The lowest BCUT2D eigenvalue weighted by Crippen LogP contribution is -2.55. The van der Waals surface area contributed by atoms with Gasteiger partial charge in [-0.05, 0) is 31.4 Å². The van der Waals surface area contributed by atoms with Crippen LogP contribution in [0.25, 0.3) is 0 Å². The van der Waals surface area contributed by atoms with Crippen molar-refractivity contribution in [3.8, 4) is 0 Å². The van der Waals surface area contributed by atoms with Crippen LogP contribution in [-0.4, -0.2) is 57.2 Å². The highest BCUT2D eigenvalue weighted by atomic mass is 16.4. The summed E-state index contributed by atoms with van der Waals surface area (Å²) in [7, 11) is 0. The molecule has 134 valence electrons. The lowest BCUT2D eigenvalue weighted by molar-refractivity contribution is -0.146. The first kappa shape index (κ1) is 17.5. The fraction of sp³-hybridized carbons (Fsp3) is 0.474. The topological polar surface area (TPSA) is 81.1 Å². The Balaban J connectivity index is 1.96. The van der Waals surface area contributed by atoms with E-state index in [1.165, 1.54) is 0 Å². The second-order valence-corrected chi connectivity index (χ2v) is 6.98. The molecule has 0 unspecified atom stereocenters. The van der Waals surface area contributed by atoms with Gasteiger partial charge in [0, 0.05) is 24.5 Å². The predicted molar refractivity (Wildman–Crippen MR) is 93.3 cm³/mol. The Kier molecular flexibility index (Phi) is 4.81. The van der Waals surface area contributed by atoms with Crippen LogP contribution in [0.15, 0.2) is 43.0 Å². The molecule has 2 fully saturated rings. The molecule has 25 heavy (non-hydrogen) atoms. The number of carboxylic acid groups (broad SMARTS) is 2. The van der Waals surface area contributed by atoms with Crippen molar-refractivity contribution in [2.24, 2.45) is 5.41 Å². The van der Waals surface area contributed by atoms with E-state index >= 15 is 0 Å². The highest BCUT2D eigenvalue weighted by Gasteiger charge is 2.60. The molecule has 0 aromatic heterocycles. The Morgan fingerprint density at radius 1 is 1.28 bits per heavy atom. The molecule has 0 spiro atoms. The lowest BCUT2D eigenvalue weighted by Gasteiger charge is -2.47. The van der Waals surface area contributed by atoms with Crippen LogP contribution in [0.3, 0.4) is 0 Å². The van der Waals surface area contributed by atoms with Gasteiger partial charge in [-0.2, -0.15) is 0 Å². The number of amides is 1. The van der Waals surface area contributed by atoms with Crippen LogP contribution >= 0.6 is 0 Å². The summed E-state index contributed by atoms with van der Waals surface area (Å²) in [6.45, 7) is 5.58. The number of hydrogen-bond acceptors (Lipinski definition) is 3. The summed E-state index contributed by atoms with van der Waals surface area (Å²) in [5.74, 6) is -1.06. The standard InChI is InChI=1S/C19H24N2O4/c1-2-9-19-10-6-11-20(12-14-7-4-3-5-8-14)15(19)13-21(18(24)25)16(19)17(22)23/h2-5,7-8,15-16H,1,6,9-13H2,(H,22,23)(H,24,25)/t15-,16+,19-/m0/s1. The number of carboxylic acids is 1. The van der Waals surface area contributed by atoms with E-state index in [4.69, 9.17) is 0 Å². The van der Waals surface area contributed by atoms with Crippen molar-refractivity contribution in [1.82, 2.24) is 9.80 Å². The molecular formula is C19H24N2O4. The summed E-state index contributed by atoms with van der Waals surface area (Å²) in [5, 5.41) is 19.3. The molecule has 1 aromatic carbocycles. The lowest BCUT2D eigenvalue weighted by atomic mass is 9.68. The molecule has 2 heterocycles. The maximum Gasteiger partial charge on any atom is 0.408 e. The highest BCUT2D eigenvalue weighted by molar-refractivity contribution is 5.81. The first-order valence-electron chi connectivity index (χ1n) is 8.61. The number of hydrogen-bond donors (Lipinski definition) is 2. The number of rotatable bonds is 5. The molecule has 6 heteroatoms. The number of fused-ring (bicyclic) bond motifs is 1. The Labute approximate surface area is 147 Å². The van der Waals surface area contributed by atoms with Crippen LogP contribution in [0.4, 0.5) is 4.79 Å². The molecule has 0 saturated carbocycles. The first-order valence-corrected chi connectivity index (χ1v) is 8.61. The number of carbonyl (C=O) groups is 2. The summed E-state index contributed by atoms with van der Waals surface area (Å²) < 4.78 is 0. The molecule has 1 amide bonds. The normalized spacial score (nSPS) is 29.2. The highest BCUT2D eigenvalue weighted by Crippen LogP contribution is 2.49. The number of benzene rings is 1. The van der Waals surface area contributed by atoms with Gasteiger partial charge >= 0.3 is 12.1 Å². The van der Waals surface area contributed by atoms with Crippen molar-refractivity contribution in [1.29, 1.82) is 0 Å². The zero-order chi connectivity index (χ0) is 18.0. The fourth-order valence-corrected chi connectivity index (χ4v) is 4.71. The Morgan fingerprint density at radius 2 is 2.00 bits per heavy atom. The summed E-state index contributed by atoms with van der Waals surface area (Å²) in [5.41, 5.74) is 0.538. The molecule has 3 rings (SSSR count). The monoisotopic (exact) mass is 344 g/mol. The van der Waals surface area contributed by atoms with Crippen LogP contribution in [0, 0.1) is 5.41 Å². The maximum atomic E-state index is 12.0. The van der Waals surface area contributed by atoms with Crippen molar-refractivity contribution < 1.29 is 19.8 Å². The van der Waals surface area contributed by atoms with E-state index in [-0.39, 0.29) is 12.6 Å². The Morgan fingerprint density at radius 3 is 2.60 bits per heavy atom. The second-order valence-electron chi connectivity index (χ2n) is 6.98. The number of piperidine rings is 1. The van der Waals surface area contributed by atoms with Crippen molar-refractivity contribution >= 4 is 12.1 Å². The summed E-state index contributed by atoms with van der Waals surface area (Å²) in [6, 6.07) is 8.88. The Hall–Kier alpha value is -2.34. The van der Waals surface area contributed by atoms with Crippen LogP contribution in [0.1, 0.15) is 24.8 Å². The minimum absolute atomic E-state index is 0.114. The van der Waals surface area contributed by atoms with Gasteiger partial charge in [-0.1, -0.05) is 36.4 Å². The average Bonchev–Trinajstić information content (AvgIpc) is 2.92. The molecule has 1 aromatic rings. The van der Waals surface area contributed by atoms with E-state index in [0.717, 1.165) is 23.4 Å². The molecule has 2 saturated heterocycles. The van der Waals surface area contributed by atoms with E-state index in [2.05, 4.69) is 11.5 Å². The zero-order valence-corrected chi connectivity index (χ0v) is 14.2. The molecular weight excluding hydrogens is 320 g/mol. The van der Waals surface area contributed by atoms with Gasteiger partial charge in [-0.3, -0.25) is 9.80 Å². The third kappa shape index (κ3) is 3.02. The van der Waals surface area contributed by atoms with Gasteiger partial charge in [0.25, 0.3) is 0 Å². The summed E-state index contributed by atoms with van der Waals surface area (Å²) in [4.78, 5) is 27.0. The van der Waals surface area contributed by atoms with Crippen LogP contribution in [0.5, 0.6) is 0 Å². The molecule has 0 aliphatic carbocycles. The average molecular weight is 344 g/mol. The molecule has 2 aliphatic heterocycles. The van der Waals surface area contributed by atoms with E-state index in [0.29, 0.717) is 19.4 Å². The molecule has 6 nitrogen and oxygen atoms in total. The Bertz CT molecular complexity index is 663. The minimum Gasteiger partial charge on any atom is -0.480 e.